The van der Waals surface area contributed by atoms with Gasteiger partial charge in [-0.2, -0.15) is 5.10 Å². The molecule has 0 unspecified atom stereocenters. The number of aromatic amines is 1. The summed E-state index contributed by atoms with van der Waals surface area (Å²) in [5.74, 6) is 1.44. The number of H-pyrrole nitrogens is 1. The van der Waals surface area contributed by atoms with Crippen molar-refractivity contribution in [3.63, 3.8) is 0 Å². The van der Waals surface area contributed by atoms with Crippen molar-refractivity contribution in [2.24, 2.45) is 0 Å². The SMILES string of the molecule is Cc1nc(CCCNc2ccc(S(C)(=O)=O)cc2S(C)(=O)=O)n[nH]1. The average molecular weight is 372 g/mol. The molecule has 0 aliphatic rings. The molecular formula is C14H20N4O4S2. The zero-order valence-corrected chi connectivity index (χ0v) is 15.3. The maximum absolute atomic E-state index is 11.9. The summed E-state index contributed by atoms with van der Waals surface area (Å²) in [6.45, 7) is 2.32. The fourth-order valence-electron chi connectivity index (χ4n) is 2.16. The van der Waals surface area contributed by atoms with Crippen LogP contribution >= 0.6 is 0 Å². The Balaban J connectivity index is 2.11. The molecular weight excluding hydrogens is 352 g/mol. The van der Waals surface area contributed by atoms with Gasteiger partial charge < -0.3 is 5.32 Å². The van der Waals surface area contributed by atoms with E-state index in [9.17, 15) is 16.8 Å². The fourth-order valence-corrected chi connectivity index (χ4v) is 3.76. The second-order valence-electron chi connectivity index (χ2n) is 5.57. The van der Waals surface area contributed by atoms with Crippen LogP contribution in [0.4, 0.5) is 5.69 Å². The second-order valence-corrected chi connectivity index (χ2v) is 9.57. The van der Waals surface area contributed by atoms with Crippen LogP contribution in [0.2, 0.25) is 0 Å². The molecule has 0 aliphatic heterocycles. The molecule has 0 saturated carbocycles. The van der Waals surface area contributed by atoms with Crippen LogP contribution in [0.1, 0.15) is 18.1 Å². The Bertz CT molecular complexity index is 933. The van der Waals surface area contributed by atoms with E-state index in [1.54, 1.807) is 0 Å². The number of benzene rings is 1. The lowest BCUT2D eigenvalue weighted by Crippen LogP contribution is -2.10. The first-order valence-electron chi connectivity index (χ1n) is 7.23. The Hall–Kier alpha value is -1.94. The summed E-state index contributed by atoms with van der Waals surface area (Å²) in [6.07, 6.45) is 3.44. The Kier molecular flexibility index (Phi) is 5.29. The van der Waals surface area contributed by atoms with Crippen molar-refractivity contribution in [1.29, 1.82) is 0 Å². The molecule has 2 aromatic rings. The van der Waals surface area contributed by atoms with E-state index in [4.69, 9.17) is 0 Å². The maximum Gasteiger partial charge on any atom is 0.177 e. The Labute approximate surface area is 141 Å². The third kappa shape index (κ3) is 4.78. The van der Waals surface area contributed by atoms with E-state index in [-0.39, 0.29) is 9.79 Å². The Morgan fingerprint density at radius 1 is 1.12 bits per heavy atom. The van der Waals surface area contributed by atoms with Crippen molar-refractivity contribution in [1.82, 2.24) is 15.2 Å². The van der Waals surface area contributed by atoms with Crippen molar-refractivity contribution in [2.75, 3.05) is 24.4 Å². The van der Waals surface area contributed by atoms with E-state index < -0.39 is 19.7 Å². The summed E-state index contributed by atoms with van der Waals surface area (Å²) in [5.41, 5.74) is 0.385. The minimum Gasteiger partial charge on any atom is -0.384 e. The summed E-state index contributed by atoms with van der Waals surface area (Å²) in [7, 11) is -7.03. The number of nitrogens with one attached hydrogen (secondary N) is 2. The molecule has 2 N–H and O–H groups in total. The van der Waals surface area contributed by atoms with Gasteiger partial charge in [0.25, 0.3) is 0 Å². The molecule has 1 aromatic heterocycles. The van der Waals surface area contributed by atoms with Gasteiger partial charge in [-0.25, -0.2) is 21.8 Å². The minimum absolute atomic E-state index is 0.0235. The minimum atomic E-state index is -3.56. The molecule has 0 bridgehead atoms. The van der Waals surface area contributed by atoms with Crippen LogP contribution < -0.4 is 5.32 Å². The van der Waals surface area contributed by atoms with E-state index >= 15 is 0 Å². The second kappa shape index (κ2) is 6.89. The number of hydrogen-bond donors (Lipinski definition) is 2. The molecule has 8 nitrogen and oxygen atoms in total. The van der Waals surface area contributed by atoms with Gasteiger partial charge >= 0.3 is 0 Å². The topological polar surface area (TPSA) is 122 Å². The maximum atomic E-state index is 11.9. The van der Waals surface area contributed by atoms with Crippen LogP contribution in [-0.4, -0.2) is 51.1 Å². The molecule has 0 atom stereocenters. The molecule has 1 aromatic carbocycles. The van der Waals surface area contributed by atoms with E-state index in [2.05, 4.69) is 20.5 Å². The number of hydrogen-bond acceptors (Lipinski definition) is 7. The normalized spacial score (nSPS) is 12.3. The van der Waals surface area contributed by atoms with Gasteiger partial charge in [0, 0.05) is 25.5 Å². The van der Waals surface area contributed by atoms with Gasteiger partial charge in [0.1, 0.15) is 5.82 Å². The lowest BCUT2D eigenvalue weighted by Gasteiger charge is -2.12. The monoisotopic (exact) mass is 372 g/mol. The first-order chi connectivity index (χ1) is 11.1. The van der Waals surface area contributed by atoms with Crippen LogP contribution in [0.25, 0.3) is 0 Å². The van der Waals surface area contributed by atoms with Gasteiger partial charge in [-0.15, -0.1) is 0 Å². The summed E-state index contributed by atoms with van der Waals surface area (Å²) >= 11 is 0. The van der Waals surface area contributed by atoms with Gasteiger partial charge in [0.2, 0.25) is 0 Å². The number of nitrogens with zero attached hydrogens (tertiary/aromatic N) is 2. The quantitative estimate of drug-likeness (QED) is 0.694. The zero-order chi connectivity index (χ0) is 18.0. The zero-order valence-electron chi connectivity index (χ0n) is 13.7. The molecule has 132 valence electrons. The standard InChI is InChI=1S/C14H20N4O4S2/c1-10-16-14(18-17-10)5-4-8-15-12-7-6-11(23(2,19)20)9-13(12)24(3,21)22/h6-7,9,15H,4-5,8H2,1-3H3,(H,16,17,18). The van der Waals surface area contributed by atoms with Crippen molar-refractivity contribution in [3.05, 3.63) is 29.8 Å². The first-order valence-corrected chi connectivity index (χ1v) is 11.0. The predicted octanol–water partition coefficient (Wildman–Crippen LogP) is 0.965. The summed E-state index contributed by atoms with van der Waals surface area (Å²) in [5, 5.41) is 9.82. The number of anilines is 1. The number of aromatic nitrogens is 3. The highest BCUT2D eigenvalue weighted by Crippen LogP contribution is 2.25. The van der Waals surface area contributed by atoms with Crippen molar-refractivity contribution >= 4 is 25.4 Å². The highest BCUT2D eigenvalue weighted by molar-refractivity contribution is 7.91. The number of sulfone groups is 2. The Morgan fingerprint density at radius 2 is 1.83 bits per heavy atom. The van der Waals surface area contributed by atoms with Crippen LogP contribution in [0.3, 0.4) is 0 Å². The molecule has 10 heteroatoms. The highest BCUT2D eigenvalue weighted by Gasteiger charge is 2.17. The van der Waals surface area contributed by atoms with Gasteiger partial charge in [0.05, 0.1) is 15.5 Å². The van der Waals surface area contributed by atoms with Gasteiger partial charge in [0.15, 0.2) is 25.5 Å². The van der Waals surface area contributed by atoms with Crippen molar-refractivity contribution < 1.29 is 16.8 Å². The predicted molar refractivity (Wildman–Crippen MR) is 90.6 cm³/mol. The summed E-state index contributed by atoms with van der Waals surface area (Å²) in [4.78, 5) is 4.14. The Morgan fingerprint density at radius 3 is 2.38 bits per heavy atom. The smallest absolute Gasteiger partial charge is 0.177 e. The fraction of sp³-hybridized carbons (Fsp3) is 0.429. The highest BCUT2D eigenvalue weighted by atomic mass is 32.2. The van der Waals surface area contributed by atoms with Crippen LogP contribution in [-0.2, 0) is 26.1 Å². The summed E-state index contributed by atoms with van der Waals surface area (Å²) < 4.78 is 47.1. The first kappa shape index (κ1) is 18.4. The number of rotatable bonds is 7. The molecule has 0 radical (unpaired) electrons. The molecule has 0 fully saturated rings. The van der Waals surface area contributed by atoms with E-state index in [1.165, 1.54) is 18.2 Å². The van der Waals surface area contributed by atoms with Crippen molar-refractivity contribution in [3.8, 4) is 0 Å². The largest absolute Gasteiger partial charge is 0.384 e. The molecule has 1 heterocycles. The number of aryl methyl sites for hydroxylation is 2. The third-order valence-electron chi connectivity index (χ3n) is 3.32. The molecule has 0 amide bonds. The van der Waals surface area contributed by atoms with Gasteiger partial charge in [-0.05, 0) is 31.5 Å². The van der Waals surface area contributed by atoms with Crippen LogP contribution in [0.15, 0.2) is 28.0 Å². The molecule has 24 heavy (non-hydrogen) atoms. The third-order valence-corrected chi connectivity index (χ3v) is 5.56. The van der Waals surface area contributed by atoms with Gasteiger partial charge in [-0.1, -0.05) is 0 Å². The van der Waals surface area contributed by atoms with Crippen LogP contribution in [0.5, 0.6) is 0 Å². The van der Waals surface area contributed by atoms with Gasteiger partial charge in [-0.3, -0.25) is 5.10 Å². The lowest BCUT2D eigenvalue weighted by molar-refractivity contribution is 0.600. The lowest BCUT2D eigenvalue weighted by atomic mass is 10.2. The van der Waals surface area contributed by atoms with Crippen LogP contribution in [0, 0.1) is 6.92 Å². The molecule has 0 saturated heterocycles. The van der Waals surface area contributed by atoms with Crippen molar-refractivity contribution in [2.45, 2.75) is 29.6 Å². The average Bonchev–Trinajstić information content (AvgIpc) is 2.87. The van der Waals surface area contributed by atoms with E-state index in [0.717, 1.165) is 18.3 Å². The van der Waals surface area contributed by atoms with E-state index in [0.29, 0.717) is 30.9 Å². The molecule has 2 rings (SSSR count). The molecule has 0 aliphatic carbocycles. The summed E-state index contributed by atoms with van der Waals surface area (Å²) in [6, 6.07) is 4.06. The van der Waals surface area contributed by atoms with E-state index in [1.807, 2.05) is 6.92 Å². The molecule has 0 spiro atoms.